The highest BCUT2D eigenvalue weighted by molar-refractivity contribution is 5.13. The van der Waals surface area contributed by atoms with Crippen LogP contribution in [0.1, 0.15) is 32.0 Å². The van der Waals surface area contributed by atoms with Crippen molar-refractivity contribution in [1.29, 1.82) is 0 Å². The fourth-order valence-electron chi connectivity index (χ4n) is 0.890. The Hall–Kier alpha value is -0.790. The second-order valence-corrected chi connectivity index (χ2v) is 4.01. The minimum absolute atomic E-state index is 0.110. The Morgan fingerprint density at radius 2 is 1.82 bits per heavy atom. The van der Waals surface area contributed by atoms with Crippen molar-refractivity contribution in [1.82, 2.24) is 9.78 Å². The number of aryl methyl sites for hydroxylation is 2. The van der Waals surface area contributed by atoms with Gasteiger partial charge in [-0.2, -0.15) is 5.10 Å². The third-order valence-corrected chi connectivity index (χ3v) is 1.83. The van der Waals surface area contributed by atoms with E-state index in [2.05, 4.69) is 39.0 Å². The normalized spacial score (nSPS) is 12.1. The van der Waals surface area contributed by atoms with E-state index in [9.17, 15) is 0 Å². The van der Waals surface area contributed by atoms with E-state index >= 15 is 0 Å². The third kappa shape index (κ3) is 1.62. The molecule has 0 unspecified atom stereocenters. The van der Waals surface area contributed by atoms with Crippen LogP contribution in [-0.2, 0) is 5.54 Å². The first-order valence-corrected chi connectivity index (χ1v) is 3.94. The molecule has 11 heavy (non-hydrogen) atoms. The second-order valence-electron chi connectivity index (χ2n) is 4.01. The fourth-order valence-corrected chi connectivity index (χ4v) is 0.890. The van der Waals surface area contributed by atoms with E-state index < -0.39 is 0 Å². The number of aromatic nitrogens is 2. The molecule has 1 rings (SSSR count). The van der Waals surface area contributed by atoms with Crippen molar-refractivity contribution in [3.63, 3.8) is 0 Å². The summed E-state index contributed by atoms with van der Waals surface area (Å²) >= 11 is 0. The molecule has 0 aromatic carbocycles. The number of nitrogens with zero attached hydrogens (tertiary/aromatic N) is 2. The predicted molar refractivity (Wildman–Crippen MR) is 46.7 cm³/mol. The van der Waals surface area contributed by atoms with Gasteiger partial charge in [-0.25, -0.2) is 0 Å². The zero-order valence-corrected chi connectivity index (χ0v) is 7.97. The van der Waals surface area contributed by atoms with Gasteiger partial charge in [-0.3, -0.25) is 4.68 Å². The molecule has 0 amide bonds. The van der Waals surface area contributed by atoms with Crippen LogP contribution in [0.5, 0.6) is 0 Å². The smallest absolute Gasteiger partial charge is 0.0623 e. The van der Waals surface area contributed by atoms with Gasteiger partial charge in [-0.05, 0) is 40.2 Å². The Morgan fingerprint density at radius 3 is 2.00 bits per heavy atom. The van der Waals surface area contributed by atoms with Gasteiger partial charge < -0.3 is 0 Å². The van der Waals surface area contributed by atoms with Crippen LogP contribution in [0.3, 0.4) is 0 Å². The standard InChI is InChI=1S/C9H16N2/c1-7-6-11(9(3,4)5)10-8(7)2/h6H,1-5H3. The van der Waals surface area contributed by atoms with Gasteiger partial charge in [0, 0.05) is 6.20 Å². The highest BCUT2D eigenvalue weighted by Gasteiger charge is 2.14. The van der Waals surface area contributed by atoms with Crippen molar-refractivity contribution in [2.45, 2.75) is 40.2 Å². The summed E-state index contributed by atoms with van der Waals surface area (Å²) in [7, 11) is 0. The average molecular weight is 152 g/mol. The van der Waals surface area contributed by atoms with Crippen LogP contribution >= 0.6 is 0 Å². The Balaban J connectivity index is 3.08. The van der Waals surface area contributed by atoms with E-state index in [0.29, 0.717) is 0 Å². The van der Waals surface area contributed by atoms with Gasteiger partial charge in [0.25, 0.3) is 0 Å². The zero-order valence-electron chi connectivity index (χ0n) is 7.97. The summed E-state index contributed by atoms with van der Waals surface area (Å²) in [6, 6.07) is 0. The maximum absolute atomic E-state index is 4.40. The van der Waals surface area contributed by atoms with Crippen LogP contribution in [0.4, 0.5) is 0 Å². The third-order valence-electron chi connectivity index (χ3n) is 1.83. The molecule has 0 fully saturated rings. The Bertz CT molecular complexity index is 234. The SMILES string of the molecule is Cc1cn(C(C)(C)C)nc1C. The minimum Gasteiger partial charge on any atom is -0.267 e. The fraction of sp³-hybridized carbons (Fsp3) is 0.667. The van der Waals surface area contributed by atoms with Crippen LogP contribution in [-0.4, -0.2) is 9.78 Å². The first kappa shape index (κ1) is 8.31. The zero-order chi connectivity index (χ0) is 8.65. The number of hydrogen-bond acceptors (Lipinski definition) is 1. The summed E-state index contributed by atoms with van der Waals surface area (Å²) in [4.78, 5) is 0. The molecule has 0 bridgehead atoms. The average Bonchev–Trinajstić information content (AvgIpc) is 2.11. The van der Waals surface area contributed by atoms with Gasteiger partial charge in [0.2, 0.25) is 0 Å². The molecular formula is C9H16N2. The first-order chi connectivity index (χ1) is 4.91. The Morgan fingerprint density at radius 1 is 1.27 bits per heavy atom. The summed E-state index contributed by atoms with van der Waals surface area (Å²) < 4.78 is 2.01. The molecule has 0 aliphatic rings. The lowest BCUT2D eigenvalue weighted by molar-refractivity contribution is 0.354. The van der Waals surface area contributed by atoms with E-state index in [-0.39, 0.29) is 5.54 Å². The van der Waals surface area contributed by atoms with Gasteiger partial charge in [0.15, 0.2) is 0 Å². The van der Waals surface area contributed by atoms with Crippen molar-refractivity contribution in [2.24, 2.45) is 0 Å². The molecule has 0 radical (unpaired) electrons. The van der Waals surface area contributed by atoms with E-state index in [4.69, 9.17) is 0 Å². The molecule has 2 heteroatoms. The van der Waals surface area contributed by atoms with Crippen molar-refractivity contribution < 1.29 is 0 Å². The molecular weight excluding hydrogens is 136 g/mol. The molecule has 0 N–H and O–H groups in total. The molecule has 62 valence electrons. The van der Waals surface area contributed by atoms with Gasteiger partial charge in [-0.1, -0.05) is 0 Å². The molecule has 0 aliphatic heterocycles. The summed E-state index contributed by atoms with van der Waals surface area (Å²) in [5.41, 5.74) is 2.50. The summed E-state index contributed by atoms with van der Waals surface area (Å²) in [5.74, 6) is 0. The summed E-state index contributed by atoms with van der Waals surface area (Å²) in [5, 5.41) is 4.40. The van der Waals surface area contributed by atoms with Crippen LogP contribution in [0.15, 0.2) is 6.20 Å². The summed E-state index contributed by atoms with van der Waals surface area (Å²) in [6.07, 6.45) is 2.09. The van der Waals surface area contributed by atoms with Crippen molar-refractivity contribution in [3.8, 4) is 0 Å². The molecule has 2 nitrogen and oxygen atoms in total. The highest BCUT2D eigenvalue weighted by atomic mass is 15.3. The van der Waals surface area contributed by atoms with Crippen LogP contribution in [0, 0.1) is 13.8 Å². The molecule has 1 aromatic heterocycles. The van der Waals surface area contributed by atoms with Crippen LogP contribution < -0.4 is 0 Å². The Labute approximate surface area is 68.2 Å². The number of hydrogen-bond donors (Lipinski definition) is 0. The van der Waals surface area contributed by atoms with Crippen molar-refractivity contribution >= 4 is 0 Å². The van der Waals surface area contributed by atoms with Gasteiger partial charge >= 0.3 is 0 Å². The topological polar surface area (TPSA) is 17.8 Å². The first-order valence-electron chi connectivity index (χ1n) is 3.94. The van der Waals surface area contributed by atoms with Crippen molar-refractivity contribution in [2.75, 3.05) is 0 Å². The second kappa shape index (κ2) is 2.36. The maximum Gasteiger partial charge on any atom is 0.0623 e. The largest absolute Gasteiger partial charge is 0.267 e. The Kier molecular flexibility index (Phi) is 1.78. The molecule has 0 spiro atoms. The molecule has 0 saturated carbocycles. The molecule has 1 heterocycles. The van der Waals surface area contributed by atoms with E-state index in [1.807, 2.05) is 11.6 Å². The van der Waals surface area contributed by atoms with Gasteiger partial charge in [0.1, 0.15) is 0 Å². The quantitative estimate of drug-likeness (QED) is 0.557. The minimum atomic E-state index is 0.110. The lowest BCUT2D eigenvalue weighted by Gasteiger charge is -2.18. The highest BCUT2D eigenvalue weighted by Crippen LogP contribution is 2.14. The van der Waals surface area contributed by atoms with Crippen molar-refractivity contribution in [3.05, 3.63) is 17.5 Å². The van der Waals surface area contributed by atoms with Crippen LogP contribution in [0.2, 0.25) is 0 Å². The molecule has 1 aromatic rings. The molecule has 0 aliphatic carbocycles. The van der Waals surface area contributed by atoms with Gasteiger partial charge in [0.05, 0.1) is 11.2 Å². The molecule has 0 saturated heterocycles. The van der Waals surface area contributed by atoms with E-state index in [1.165, 1.54) is 5.56 Å². The lowest BCUT2D eigenvalue weighted by atomic mass is 10.1. The maximum atomic E-state index is 4.40. The van der Waals surface area contributed by atoms with Crippen LogP contribution in [0.25, 0.3) is 0 Å². The lowest BCUT2D eigenvalue weighted by Crippen LogP contribution is -2.22. The molecule has 0 atom stereocenters. The number of rotatable bonds is 0. The van der Waals surface area contributed by atoms with Gasteiger partial charge in [-0.15, -0.1) is 0 Å². The predicted octanol–water partition coefficient (Wildman–Crippen LogP) is 2.25. The summed E-state index contributed by atoms with van der Waals surface area (Å²) in [6.45, 7) is 10.6. The monoisotopic (exact) mass is 152 g/mol. The van der Waals surface area contributed by atoms with E-state index in [1.54, 1.807) is 0 Å². The van der Waals surface area contributed by atoms with E-state index in [0.717, 1.165) is 5.69 Å².